The highest BCUT2D eigenvalue weighted by Crippen LogP contribution is 2.32. The lowest BCUT2D eigenvalue weighted by atomic mass is 10.2. The first-order chi connectivity index (χ1) is 7.96. The normalized spacial score (nSPS) is 22.2. The van der Waals surface area contributed by atoms with Gasteiger partial charge in [-0.25, -0.2) is 13.4 Å². The van der Waals surface area contributed by atoms with E-state index in [0.717, 1.165) is 17.8 Å². The van der Waals surface area contributed by atoms with Crippen molar-refractivity contribution in [2.24, 2.45) is 0 Å². The van der Waals surface area contributed by atoms with Crippen molar-refractivity contribution in [2.75, 3.05) is 13.2 Å². The van der Waals surface area contributed by atoms with Crippen molar-refractivity contribution < 1.29 is 13.5 Å². The van der Waals surface area contributed by atoms with Crippen LogP contribution < -0.4 is 0 Å². The number of aliphatic hydroxyl groups excluding tert-OH is 1. The molecule has 2 rings (SSSR count). The van der Waals surface area contributed by atoms with Crippen LogP contribution in [0.2, 0.25) is 4.47 Å². The zero-order chi connectivity index (χ0) is 12.6. The van der Waals surface area contributed by atoms with Gasteiger partial charge in [0.05, 0.1) is 12.3 Å². The van der Waals surface area contributed by atoms with Crippen LogP contribution in [0.3, 0.4) is 0 Å². The second-order valence-corrected chi connectivity index (χ2v) is 7.60. The average molecular weight is 297 g/mol. The van der Waals surface area contributed by atoms with Crippen molar-refractivity contribution in [3.8, 4) is 0 Å². The minimum absolute atomic E-state index is 0.148. The van der Waals surface area contributed by atoms with Crippen LogP contribution in [0, 0.1) is 6.92 Å². The number of sulfonamides is 1. The van der Waals surface area contributed by atoms with E-state index in [9.17, 15) is 13.5 Å². The second-order valence-electron chi connectivity index (χ2n) is 3.93. The van der Waals surface area contributed by atoms with E-state index in [-0.39, 0.29) is 21.3 Å². The van der Waals surface area contributed by atoms with E-state index in [1.54, 1.807) is 6.92 Å². The molecule has 0 amide bonds. The number of aliphatic hydroxyl groups is 1. The van der Waals surface area contributed by atoms with Gasteiger partial charge in [-0.2, -0.15) is 4.31 Å². The first-order valence-electron chi connectivity index (χ1n) is 5.22. The quantitative estimate of drug-likeness (QED) is 0.911. The van der Waals surface area contributed by atoms with Crippen LogP contribution in [-0.2, 0) is 10.0 Å². The van der Waals surface area contributed by atoms with E-state index < -0.39 is 10.0 Å². The lowest BCUT2D eigenvalue weighted by Crippen LogP contribution is -2.37. The van der Waals surface area contributed by atoms with Crippen LogP contribution in [0.25, 0.3) is 0 Å². The summed E-state index contributed by atoms with van der Waals surface area (Å²) in [6.45, 7) is 1.92. The molecular formula is C9H13ClN2O3S2. The Labute approximate surface area is 109 Å². The van der Waals surface area contributed by atoms with Crippen molar-refractivity contribution in [1.29, 1.82) is 0 Å². The maximum absolute atomic E-state index is 12.4. The fourth-order valence-electron chi connectivity index (χ4n) is 2.00. The van der Waals surface area contributed by atoms with Gasteiger partial charge in [-0.15, -0.1) is 0 Å². The van der Waals surface area contributed by atoms with Gasteiger partial charge in [0.15, 0.2) is 8.68 Å². The molecule has 0 bridgehead atoms. The third kappa shape index (κ3) is 2.34. The maximum Gasteiger partial charge on any atom is 0.254 e. The van der Waals surface area contributed by atoms with Gasteiger partial charge in [0.25, 0.3) is 10.0 Å². The summed E-state index contributed by atoms with van der Waals surface area (Å²) < 4.78 is 26.5. The zero-order valence-electron chi connectivity index (χ0n) is 9.26. The van der Waals surface area contributed by atoms with Crippen molar-refractivity contribution in [3.05, 3.63) is 10.2 Å². The Hall–Kier alpha value is -0.210. The van der Waals surface area contributed by atoms with Gasteiger partial charge in [-0.1, -0.05) is 22.9 Å². The number of halogens is 1. The van der Waals surface area contributed by atoms with Gasteiger partial charge >= 0.3 is 0 Å². The molecule has 0 unspecified atom stereocenters. The van der Waals surface area contributed by atoms with Gasteiger partial charge in [-0.3, -0.25) is 0 Å². The highest BCUT2D eigenvalue weighted by Gasteiger charge is 2.37. The summed E-state index contributed by atoms with van der Waals surface area (Å²) >= 11 is 6.69. The SMILES string of the molecule is Cc1nc(Cl)sc1S(=O)(=O)N1CCC[C@@H]1CO. The molecule has 1 fully saturated rings. The predicted octanol–water partition coefficient (Wildman–Crippen LogP) is 1.25. The first kappa shape index (κ1) is 13.2. The highest BCUT2D eigenvalue weighted by molar-refractivity contribution is 7.91. The molecule has 2 heterocycles. The Morgan fingerprint density at radius 3 is 2.88 bits per heavy atom. The van der Waals surface area contributed by atoms with Crippen LogP contribution in [0.5, 0.6) is 0 Å². The molecule has 0 aromatic carbocycles. The van der Waals surface area contributed by atoms with Gasteiger partial charge in [0, 0.05) is 12.6 Å². The first-order valence-corrected chi connectivity index (χ1v) is 7.86. The molecule has 0 spiro atoms. The van der Waals surface area contributed by atoms with Crippen LogP contribution >= 0.6 is 22.9 Å². The fraction of sp³-hybridized carbons (Fsp3) is 0.667. The van der Waals surface area contributed by atoms with Gasteiger partial charge in [0.1, 0.15) is 0 Å². The Balaban J connectivity index is 2.39. The third-order valence-corrected chi connectivity index (χ3v) is 6.61. The summed E-state index contributed by atoms with van der Waals surface area (Å²) in [4.78, 5) is 3.92. The highest BCUT2D eigenvalue weighted by atomic mass is 35.5. The van der Waals surface area contributed by atoms with Gasteiger partial charge in [-0.05, 0) is 19.8 Å². The number of thiazole rings is 1. The molecule has 0 radical (unpaired) electrons. The number of aromatic nitrogens is 1. The van der Waals surface area contributed by atoms with E-state index in [1.807, 2.05) is 0 Å². The number of aryl methyl sites for hydroxylation is 1. The minimum atomic E-state index is -3.56. The Morgan fingerprint density at radius 2 is 2.35 bits per heavy atom. The van der Waals surface area contributed by atoms with E-state index in [0.29, 0.717) is 18.7 Å². The van der Waals surface area contributed by atoms with Crippen LogP contribution in [-0.4, -0.2) is 42.0 Å². The van der Waals surface area contributed by atoms with Crippen molar-refractivity contribution >= 4 is 33.0 Å². The van der Waals surface area contributed by atoms with Crippen LogP contribution in [0.4, 0.5) is 0 Å². The lowest BCUT2D eigenvalue weighted by molar-refractivity contribution is 0.213. The molecule has 0 aliphatic carbocycles. The maximum atomic E-state index is 12.4. The van der Waals surface area contributed by atoms with Crippen LogP contribution in [0.15, 0.2) is 4.21 Å². The number of hydrogen-bond donors (Lipinski definition) is 1. The van der Waals surface area contributed by atoms with Crippen LogP contribution in [0.1, 0.15) is 18.5 Å². The Kier molecular flexibility index (Phi) is 3.74. The molecule has 1 N–H and O–H groups in total. The van der Waals surface area contributed by atoms with E-state index in [2.05, 4.69) is 4.98 Å². The van der Waals surface area contributed by atoms with Gasteiger partial charge in [0.2, 0.25) is 0 Å². The lowest BCUT2D eigenvalue weighted by Gasteiger charge is -2.21. The number of nitrogens with zero attached hydrogens (tertiary/aromatic N) is 2. The topological polar surface area (TPSA) is 70.5 Å². The molecule has 17 heavy (non-hydrogen) atoms. The molecule has 96 valence electrons. The van der Waals surface area contributed by atoms with Crippen molar-refractivity contribution in [3.63, 3.8) is 0 Å². The molecule has 1 aliphatic rings. The molecule has 8 heteroatoms. The molecule has 1 aromatic rings. The molecule has 5 nitrogen and oxygen atoms in total. The molecular weight excluding hydrogens is 284 g/mol. The average Bonchev–Trinajstić information content (AvgIpc) is 2.84. The van der Waals surface area contributed by atoms with E-state index in [1.165, 1.54) is 4.31 Å². The van der Waals surface area contributed by atoms with Crippen molar-refractivity contribution in [2.45, 2.75) is 30.0 Å². The summed E-state index contributed by atoms with van der Waals surface area (Å²) in [5.41, 5.74) is 0.420. The third-order valence-electron chi connectivity index (χ3n) is 2.80. The fourth-order valence-corrected chi connectivity index (χ4v) is 5.54. The largest absolute Gasteiger partial charge is 0.395 e. The Bertz CT molecular complexity index is 514. The van der Waals surface area contributed by atoms with Crippen molar-refractivity contribution in [1.82, 2.24) is 9.29 Å². The molecule has 0 saturated carbocycles. The van der Waals surface area contributed by atoms with E-state index >= 15 is 0 Å². The predicted molar refractivity (Wildman–Crippen MR) is 65.9 cm³/mol. The molecule has 1 atom stereocenters. The van der Waals surface area contributed by atoms with E-state index in [4.69, 9.17) is 11.6 Å². The number of rotatable bonds is 3. The summed E-state index contributed by atoms with van der Waals surface area (Å²) in [7, 11) is -3.56. The number of hydrogen-bond acceptors (Lipinski definition) is 5. The summed E-state index contributed by atoms with van der Waals surface area (Å²) in [5, 5.41) is 9.18. The zero-order valence-corrected chi connectivity index (χ0v) is 11.6. The second kappa shape index (κ2) is 4.81. The minimum Gasteiger partial charge on any atom is -0.395 e. The summed E-state index contributed by atoms with van der Waals surface area (Å²) in [5.74, 6) is 0. The monoisotopic (exact) mass is 296 g/mol. The summed E-state index contributed by atoms with van der Waals surface area (Å²) in [6, 6.07) is -0.319. The summed E-state index contributed by atoms with van der Waals surface area (Å²) in [6.07, 6.45) is 1.47. The molecule has 1 aliphatic heterocycles. The Morgan fingerprint density at radius 1 is 1.65 bits per heavy atom. The molecule has 1 aromatic heterocycles. The smallest absolute Gasteiger partial charge is 0.254 e. The standard InChI is InChI=1S/C9H13ClN2O3S2/c1-6-8(16-9(10)11-6)17(14,15)12-4-2-3-7(12)5-13/h7,13H,2-5H2,1H3/t7-/m1/s1. The molecule has 1 saturated heterocycles. The van der Waals surface area contributed by atoms with Gasteiger partial charge < -0.3 is 5.11 Å².